The van der Waals surface area contributed by atoms with Gasteiger partial charge in [0, 0.05) is 13.2 Å². The minimum atomic E-state index is -0.509. The molecule has 0 spiro atoms. The normalized spacial score (nSPS) is 13.4. The minimum absolute atomic E-state index is 0.131. The Balaban J connectivity index is 2.70. The Bertz CT molecular complexity index is 503. The van der Waals surface area contributed by atoms with Gasteiger partial charge in [0.25, 0.3) is 5.91 Å². The van der Waals surface area contributed by atoms with Gasteiger partial charge in [-0.3, -0.25) is 9.69 Å². The minimum Gasteiger partial charge on any atom is -0.454 e. The van der Waals surface area contributed by atoms with Crippen LogP contribution in [0.25, 0.3) is 0 Å². The van der Waals surface area contributed by atoms with E-state index in [-0.39, 0.29) is 18.6 Å². The number of methoxy groups -OCH3 is 1. The summed E-state index contributed by atoms with van der Waals surface area (Å²) in [4.78, 5) is 26.4. The highest BCUT2D eigenvalue weighted by atomic mass is 16.5. The maximum Gasteiger partial charge on any atom is 0.328 e. The summed E-state index contributed by atoms with van der Waals surface area (Å²) in [6.07, 6.45) is 0. The lowest BCUT2D eigenvalue weighted by Gasteiger charge is -2.28. The van der Waals surface area contributed by atoms with Crippen molar-refractivity contribution in [3.8, 4) is 0 Å². The summed E-state index contributed by atoms with van der Waals surface area (Å²) in [5.74, 6) is -0.751. The summed E-state index contributed by atoms with van der Waals surface area (Å²) in [7, 11) is 1.57. The molecular weight excluding hydrogens is 308 g/mol. The van der Waals surface area contributed by atoms with Crippen molar-refractivity contribution in [3.05, 3.63) is 35.9 Å². The van der Waals surface area contributed by atoms with Gasteiger partial charge in [-0.2, -0.15) is 0 Å². The number of rotatable bonds is 10. The van der Waals surface area contributed by atoms with Crippen LogP contribution in [0.5, 0.6) is 0 Å². The van der Waals surface area contributed by atoms with Crippen molar-refractivity contribution in [1.82, 2.24) is 10.2 Å². The number of benzene rings is 1. The van der Waals surface area contributed by atoms with Gasteiger partial charge in [-0.1, -0.05) is 44.2 Å². The predicted octanol–water partition coefficient (Wildman–Crippen LogP) is 1.76. The van der Waals surface area contributed by atoms with Gasteiger partial charge in [0.15, 0.2) is 6.61 Å². The zero-order valence-corrected chi connectivity index (χ0v) is 15.0. The number of nitrogens with one attached hydrogen (secondary N) is 1. The van der Waals surface area contributed by atoms with Crippen LogP contribution in [0.4, 0.5) is 0 Å². The molecule has 1 aromatic rings. The molecule has 0 aliphatic heterocycles. The van der Waals surface area contributed by atoms with E-state index >= 15 is 0 Å². The average molecular weight is 336 g/mol. The van der Waals surface area contributed by atoms with Crippen LogP contribution < -0.4 is 5.32 Å². The van der Waals surface area contributed by atoms with E-state index in [0.717, 1.165) is 5.56 Å². The zero-order valence-electron chi connectivity index (χ0n) is 15.0. The van der Waals surface area contributed by atoms with Gasteiger partial charge in [0.05, 0.1) is 6.61 Å². The molecule has 0 bridgehead atoms. The zero-order chi connectivity index (χ0) is 17.9. The third kappa shape index (κ3) is 6.29. The molecule has 1 aromatic carbocycles. The van der Waals surface area contributed by atoms with Crippen LogP contribution >= 0.6 is 0 Å². The SMILES string of the molecule is CCN(CC)[C@H](C(=O)OCC(=O)N[C@@H](C)COC)c1ccccc1. The number of ether oxygens (including phenoxy) is 2. The van der Waals surface area contributed by atoms with Gasteiger partial charge in [-0.15, -0.1) is 0 Å². The summed E-state index contributed by atoms with van der Waals surface area (Å²) in [5, 5.41) is 2.72. The molecule has 1 rings (SSSR count). The number of likely N-dealkylation sites (N-methyl/N-ethyl adjacent to an activating group) is 1. The molecule has 0 aliphatic carbocycles. The molecule has 0 fully saturated rings. The first-order chi connectivity index (χ1) is 11.5. The molecule has 0 radical (unpaired) electrons. The van der Waals surface area contributed by atoms with E-state index < -0.39 is 12.0 Å². The van der Waals surface area contributed by atoms with Crippen LogP contribution in [0.15, 0.2) is 30.3 Å². The Hall–Kier alpha value is -1.92. The lowest BCUT2D eigenvalue weighted by molar-refractivity contribution is -0.154. The van der Waals surface area contributed by atoms with E-state index in [1.165, 1.54) is 0 Å². The molecule has 1 amide bonds. The number of esters is 1. The number of hydrogen-bond donors (Lipinski definition) is 1. The molecule has 0 saturated carbocycles. The highest BCUT2D eigenvalue weighted by Gasteiger charge is 2.27. The largest absolute Gasteiger partial charge is 0.454 e. The molecule has 6 nitrogen and oxygen atoms in total. The fourth-order valence-corrected chi connectivity index (χ4v) is 2.54. The van der Waals surface area contributed by atoms with Crippen molar-refractivity contribution in [2.45, 2.75) is 32.9 Å². The molecule has 2 atom stereocenters. The maximum absolute atomic E-state index is 12.6. The lowest BCUT2D eigenvalue weighted by atomic mass is 10.1. The molecule has 1 N–H and O–H groups in total. The van der Waals surface area contributed by atoms with Gasteiger partial charge >= 0.3 is 5.97 Å². The monoisotopic (exact) mass is 336 g/mol. The Kier molecular flexibility index (Phi) is 9.04. The van der Waals surface area contributed by atoms with Gasteiger partial charge < -0.3 is 14.8 Å². The first-order valence-electron chi connectivity index (χ1n) is 8.27. The van der Waals surface area contributed by atoms with Crippen molar-refractivity contribution < 1.29 is 19.1 Å². The molecule has 6 heteroatoms. The maximum atomic E-state index is 12.6. The number of amides is 1. The van der Waals surface area contributed by atoms with Crippen molar-refractivity contribution in [3.63, 3.8) is 0 Å². The second kappa shape index (κ2) is 10.8. The van der Waals surface area contributed by atoms with E-state index in [1.807, 2.05) is 56.0 Å². The fourth-order valence-electron chi connectivity index (χ4n) is 2.54. The molecule has 0 aromatic heterocycles. The van der Waals surface area contributed by atoms with Crippen molar-refractivity contribution >= 4 is 11.9 Å². The summed E-state index contributed by atoms with van der Waals surface area (Å²) in [5.41, 5.74) is 0.861. The van der Waals surface area contributed by atoms with Crippen molar-refractivity contribution in [2.24, 2.45) is 0 Å². The first-order valence-corrected chi connectivity index (χ1v) is 8.27. The predicted molar refractivity (Wildman–Crippen MR) is 92.5 cm³/mol. The average Bonchev–Trinajstić information content (AvgIpc) is 2.58. The number of nitrogens with zero attached hydrogens (tertiary/aromatic N) is 1. The van der Waals surface area contributed by atoms with Crippen molar-refractivity contribution in [1.29, 1.82) is 0 Å². The molecule has 0 aliphatic rings. The van der Waals surface area contributed by atoms with Gasteiger partial charge in [-0.25, -0.2) is 4.79 Å². The highest BCUT2D eigenvalue weighted by molar-refractivity contribution is 5.83. The van der Waals surface area contributed by atoms with Gasteiger partial charge in [-0.05, 0) is 25.6 Å². The molecule has 134 valence electrons. The Labute approximate surface area is 144 Å². The number of carbonyl (C=O) groups excluding carboxylic acids is 2. The van der Waals surface area contributed by atoms with Gasteiger partial charge in [0.1, 0.15) is 6.04 Å². The highest BCUT2D eigenvalue weighted by Crippen LogP contribution is 2.21. The van der Waals surface area contributed by atoms with Crippen LogP contribution in [0, 0.1) is 0 Å². The summed E-state index contributed by atoms with van der Waals surface area (Å²) < 4.78 is 10.2. The second-order valence-electron chi connectivity index (χ2n) is 5.57. The lowest BCUT2D eigenvalue weighted by Crippen LogP contribution is -2.40. The smallest absolute Gasteiger partial charge is 0.328 e. The second-order valence-corrected chi connectivity index (χ2v) is 5.57. The van der Waals surface area contributed by atoms with Crippen LogP contribution in [-0.4, -0.2) is 56.2 Å². The van der Waals surface area contributed by atoms with Crippen LogP contribution in [0.2, 0.25) is 0 Å². The third-order valence-electron chi connectivity index (χ3n) is 3.69. The Morgan fingerprint density at radius 1 is 1.17 bits per heavy atom. The van der Waals surface area contributed by atoms with E-state index in [2.05, 4.69) is 5.32 Å². The molecule has 0 saturated heterocycles. The van der Waals surface area contributed by atoms with E-state index in [9.17, 15) is 9.59 Å². The molecule has 0 unspecified atom stereocenters. The van der Waals surface area contributed by atoms with Crippen LogP contribution in [0.1, 0.15) is 32.4 Å². The van der Waals surface area contributed by atoms with E-state index in [4.69, 9.17) is 9.47 Å². The fraction of sp³-hybridized carbons (Fsp3) is 0.556. The van der Waals surface area contributed by atoms with E-state index in [0.29, 0.717) is 19.7 Å². The molecule has 24 heavy (non-hydrogen) atoms. The number of carbonyl (C=O) groups is 2. The first kappa shape index (κ1) is 20.1. The van der Waals surface area contributed by atoms with Crippen molar-refractivity contribution in [2.75, 3.05) is 33.4 Å². The quantitative estimate of drug-likeness (QED) is 0.660. The Morgan fingerprint density at radius 2 is 1.79 bits per heavy atom. The molecular formula is C18H28N2O4. The van der Waals surface area contributed by atoms with Crippen LogP contribution in [0.3, 0.4) is 0 Å². The standard InChI is InChI=1S/C18H28N2O4/c1-5-20(6-2)17(15-10-8-7-9-11-15)18(22)24-13-16(21)19-14(3)12-23-4/h7-11,14,17H,5-6,12-13H2,1-4H3,(H,19,21)/t14-,17-/m0/s1. The summed E-state index contributed by atoms with van der Waals surface area (Å²) in [6.45, 7) is 7.34. The summed E-state index contributed by atoms with van der Waals surface area (Å²) in [6, 6.07) is 8.82. The third-order valence-corrected chi connectivity index (χ3v) is 3.69. The van der Waals surface area contributed by atoms with Gasteiger partial charge in [0.2, 0.25) is 0 Å². The number of hydrogen-bond acceptors (Lipinski definition) is 5. The van der Waals surface area contributed by atoms with Crippen LogP contribution in [-0.2, 0) is 19.1 Å². The topological polar surface area (TPSA) is 67.9 Å². The molecule has 0 heterocycles. The summed E-state index contributed by atoms with van der Waals surface area (Å²) >= 11 is 0. The van der Waals surface area contributed by atoms with E-state index in [1.54, 1.807) is 7.11 Å². The Morgan fingerprint density at radius 3 is 2.33 bits per heavy atom.